The molecule has 1 saturated heterocycles. The molecule has 1 aliphatic rings. The molecule has 135 heavy (non-hydrogen) atoms. The van der Waals surface area contributed by atoms with Crippen LogP contribution in [0.4, 0.5) is 17.5 Å². The van der Waals surface area contributed by atoms with Gasteiger partial charge in [-0.2, -0.15) is 0 Å². The molecule has 8 aromatic carbocycles. The fourth-order valence-electron chi connectivity index (χ4n) is 15.1. The van der Waals surface area contributed by atoms with Crippen LogP contribution in [0.2, 0.25) is 0 Å². The van der Waals surface area contributed by atoms with Gasteiger partial charge in [0.15, 0.2) is 40.7 Å². The Labute approximate surface area is 797 Å². The molecule has 5 atom stereocenters. The van der Waals surface area contributed by atoms with Gasteiger partial charge >= 0.3 is 58.6 Å². The number of ether oxygens (including phenoxy) is 1. The summed E-state index contributed by atoms with van der Waals surface area (Å²) in [7, 11) is 1.68. The predicted molar refractivity (Wildman–Crippen MR) is 478 cm³/mol. The number of aldehydes is 1. The second-order valence-corrected chi connectivity index (χ2v) is 35.0. The number of quaternary nitrogens is 1. The topological polar surface area (TPSA) is 572 Å². The minimum absolute atomic E-state index is 0. The number of benzene rings is 8. The molecule has 2 unspecified atom stereocenters. The molecule has 1 fully saturated rings. The van der Waals surface area contributed by atoms with Crippen molar-refractivity contribution in [3.63, 3.8) is 0 Å². The SMILES string of the molecule is C[C@H](NC(=O)c1c(N)nn2cccnc12)c1cc2cccc(/C=C/c3ccccc3)c2c(=O)n1-c1ccccc1.C[C@H](NC(=O)c1c(N)nn2cccnc12)c1cc2cccc(C(O)C(O)c3ccccc3)c2c(=O)n1-c1ccccc1.C[C@H](NC(=O)c1c(N)nn2cccnc12)c1cc2cccc(C=O)c2c(=O)n1-c1ccccc1.C[N+]1([O-])CCOCC1.[Na+].[O-][I+3]([O-])([O-])[O-].[O]=[Os](=[O])(=[O])=[O]. The molecule has 0 spiro atoms. The van der Waals surface area contributed by atoms with Crippen molar-refractivity contribution in [3.05, 3.63) is 378 Å². The van der Waals surface area contributed by atoms with Crippen molar-refractivity contribution in [2.45, 2.75) is 51.1 Å². The molecule has 41 heteroatoms. The van der Waals surface area contributed by atoms with E-state index >= 15 is 0 Å². The van der Waals surface area contributed by atoms with E-state index in [2.05, 4.69) is 46.2 Å². The number of nitrogen functional groups attached to an aromatic ring is 3. The summed E-state index contributed by atoms with van der Waals surface area (Å²) in [4.78, 5) is 107. The van der Waals surface area contributed by atoms with E-state index in [0.717, 1.165) is 16.5 Å². The zero-order valence-electron chi connectivity index (χ0n) is 72.6. The van der Waals surface area contributed by atoms with E-state index in [-0.39, 0.29) is 84.9 Å². The third kappa shape index (κ3) is 24.2. The Hall–Kier alpha value is -14.3. The molecule has 38 nitrogen and oxygen atoms in total. The van der Waals surface area contributed by atoms with Crippen molar-refractivity contribution in [1.82, 2.24) is 73.4 Å². The second kappa shape index (κ2) is 44.0. The standard InChI is InChI=1S/C32H28N6O4.C32H26N6O2.C25H20N6O3.C5H11NO2.IO4.Na.4O.Os/c1-19(35-31(41)26-29(33)36-37-17-9-16-34-30(26)37)24-18-21-12-8-15-23(28(40)27(39)20-10-4-2-5-11-20)25(21)32(42)38(24)22-13-6-3-7-14-22;1-21(35-31(39)28-29(33)36-37-19-9-18-34-30(28)37)26-20-24-13-8-12-23(17-16-22-10-4-2-5-11-22)27(24)32(40)38(26)25-14-6-3-7-15-25;1-15(28-24(33)21-22(26)29-30-12-6-11-27-23(21)30)19-13-16-7-5-8-17(14-32)20(16)25(34)31(19)18-9-3-2-4-10-18;1-6(7)2-4-8-5-3-6;2-1(3,4)5;;;;;;/h2-19,27-28,39-40H,1H3,(H2,33,36)(H,35,41);2-21H,1H3,(H2,33,36)(H,35,39);2-15H,1H3,(H2,26,29)(H,28,33);2-5H2,1H3;;;;;;;/q;;;;-1;+1;;;;;/b;17-16+;;;;;;;;;/t19-,27?,28?;21-;15-;;;;;;;;/m000......../s1. The van der Waals surface area contributed by atoms with Crippen LogP contribution in [0.25, 0.3) is 78.5 Å². The molecule has 3 amide bonds. The number of nitrogens with zero attached hydrogens (tertiary/aromatic N) is 13. The van der Waals surface area contributed by atoms with Gasteiger partial charge in [0.2, 0.25) is 0 Å². The van der Waals surface area contributed by atoms with Crippen LogP contribution in [0.15, 0.2) is 294 Å². The van der Waals surface area contributed by atoms with E-state index < -0.39 is 88.5 Å². The summed E-state index contributed by atoms with van der Waals surface area (Å²) in [6, 6.07) is 71.1. The number of nitrogens with two attached hydrogens (primary N) is 3. The molecule has 0 saturated carbocycles. The van der Waals surface area contributed by atoms with Crippen molar-refractivity contribution in [2.24, 2.45) is 0 Å². The summed E-state index contributed by atoms with van der Waals surface area (Å²) in [5, 5.41) is 57.7. The van der Waals surface area contributed by atoms with Crippen LogP contribution in [0.1, 0.15) is 132 Å². The Bertz CT molecular complexity index is 7660. The van der Waals surface area contributed by atoms with Crippen LogP contribution >= 0.6 is 0 Å². The zero-order valence-corrected chi connectivity index (χ0v) is 79.3. The Balaban J connectivity index is 0.000000166. The Morgan fingerprint density at radius 3 is 1.13 bits per heavy atom. The average molecular weight is 2120 g/mol. The molecule has 9 aromatic heterocycles. The minimum atomic E-state index is -6.06. The number of aliphatic hydroxyl groups excluding tert-OH is 2. The number of hydroxylamine groups is 3. The number of para-hydroxylation sites is 3. The second-order valence-electron chi connectivity index (χ2n) is 30.4. The normalized spacial score (nSPS) is 13.4. The van der Waals surface area contributed by atoms with Crippen LogP contribution in [0.5, 0.6) is 0 Å². The number of aromatic nitrogens is 12. The van der Waals surface area contributed by atoms with Crippen molar-refractivity contribution < 1.29 is 131 Å². The van der Waals surface area contributed by atoms with Crippen LogP contribution in [0.3, 0.4) is 0 Å². The fraction of sp³-hybridized carbons (Fsp3) is 0.138. The summed E-state index contributed by atoms with van der Waals surface area (Å²) in [5.41, 5.74) is 25.3. The van der Waals surface area contributed by atoms with E-state index in [0.29, 0.717) is 122 Å². The van der Waals surface area contributed by atoms with Crippen LogP contribution < -0.4 is 113 Å². The number of rotatable bonds is 18. The van der Waals surface area contributed by atoms with E-state index in [1.54, 1.807) is 178 Å². The first-order valence-corrected chi connectivity index (χ1v) is 48.6. The van der Waals surface area contributed by atoms with Crippen LogP contribution in [-0.4, -0.2) is 130 Å². The van der Waals surface area contributed by atoms with Crippen LogP contribution in [0, 0.1) is 5.21 Å². The third-order valence-corrected chi connectivity index (χ3v) is 21.2. The van der Waals surface area contributed by atoms with Crippen molar-refractivity contribution in [1.29, 1.82) is 0 Å². The molecule has 0 radical (unpaired) electrons. The number of morpholine rings is 1. The number of pyridine rings is 3. The number of hydrogen-bond acceptors (Lipinski definition) is 28. The first kappa shape index (κ1) is 99.7. The molecular weight excluding hydrogens is 2040 g/mol. The number of nitrogens with one attached hydrogen (secondary N) is 3. The van der Waals surface area contributed by atoms with Gasteiger partial charge in [-0.05, 0) is 132 Å². The van der Waals surface area contributed by atoms with Gasteiger partial charge in [0.25, 0.3) is 34.4 Å². The molecular formula is C94H85IN19NaO19Os. The van der Waals surface area contributed by atoms with Crippen molar-refractivity contribution in [3.8, 4) is 17.1 Å². The first-order chi connectivity index (χ1) is 64.1. The van der Waals surface area contributed by atoms with E-state index in [9.17, 15) is 49.0 Å². The number of amides is 3. The number of fused-ring (bicyclic) bond motifs is 6. The van der Waals surface area contributed by atoms with Gasteiger partial charge in [0.05, 0.1) is 54.5 Å². The Morgan fingerprint density at radius 2 is 0.778 bits per heavy atom. The van der Waals surface area contributed by atoms with E-state index in [1.807, 2.05) is 146 Å². The fourth-order valence-corrected chi connectivity index (χ4v) is 15.1. The summed E-state index contributed by atoms with van der Waals surface area (Å²) in [6.07, 6.45) is 11.7. The predicted octanol–water partition coefficient (Wildman–Crippen LogP) is 0.805. The summed E-state index contributed by atoms with van der Waals surface area (Å²) in [5.74, 6) is -1.21. The number of carbonyl (C=O) groups is 4. The number of halogens is 1. The quantitative estimate of drug-likeness (QED) is 0.0147. The third-order valence-electron chi connectivity index (χ3n) is 21.2. The molecule has 0 aliphatic carbocycles. The molecule has 1 aliphatic heterocycles. The number of anilines is 3. The van der Waals surface area contributed by atoms with Gasteiger partial charge < -0.3 is 58.0 Å². The molecule has 11 N–H and O–H groups in total. The van der Waals surface area contributed by atoms with Gasteiger partial charge in [0, 0.05) is 76.9 Å². The maximum atomic E-state index is 14.3. The summed E-state index contributed by atoms with van der Waals surface area (Å²) < 4.78 is 82.9. The number of carbonyl (C=O) groups excluding carboxylic acids is 4. The van der Waals surface area contributed by atoms with Gasteiger partial charge in [-0.3, -0.25) is 61.0 Å². The number of aliphatic hydroxyl groups is 2. The monoisotopic (exact) mass is 2130 g/mol. The zero-order chi connectivity index (χ0) is 95.9. The van der Waals surface area contributed by atoms with Crippen molar-refractivity contribution in [2.75, 3.05) is 50.6 Å². The van der Waals surface area contributed by atoms with Crippen molar-refractivity contribution >= 4 is 103 Å². The van der Waals surface area contributed by atoms with Gasteiger partial charge in [-0.25, -0.2) is 28.5 Å². The van der Waals surface area contributed by atoms with Gasteiger partial charge in [0.1, 0.15) is 62.1 Å². The first-order valence-electron chi connectivity index (χ1n) is 40.9. The van der Waals surface area contributed by atoms with Gasteiger partial charge in [-0.1, -0.05) is 182 Å². The molecule has 18 rings (SSSR count). The molecule has 686 valence electrons. The van der Waals surface area contributed by atoms with Gasteiger partial charge in [-0.15, -0.1) is 15.3 Å². The Morgan fingerprint density at radius 1 is 0.459 bits per heavy atom. The van der Waals surface area contributed by atoms with E-state index in [4.69, 9.17) is 49.8 Å². The number of hydrogen-bond donors (Lipinski definition) is 8. The molecule has 0 bridgehead atoms. The summed E-state index contributed by atoms with van der Waals surface area (Å²) >= 11 is -12.0. The maximum absolute atomic E-state index is 14.3. The summed E-state index contributed by atoms with van der Waals surface area (Å²) in [6.45, 7) is 7.86. The van der Waals surface area contributed by atoms with Crippen LogP contribution in [-0.2, 0) is 33.7 Å². The molecule has 10 heterocycles. The number of likely N-dealkylation sites (N-methyl/N-ethyl adjacent to an activating group) is 1. The van der Waals surface area contributed by atoms with E-state index in [1.165, 1.54) is 22.7 Å². The molecule has 17 aromatic rings. The Kier molecular flexibility index (Phi) is 32.5. The average Bonchev–Trinajstić information content (AvgIpc) is 1.50.